The van der Waals surface area contributed by atoms with Crippen LogP contribution in [0.2, 0.25) is 0 Å². The van der Waals surface area contributed by atoms with Crippen molar-refractivity contribution in [3.63, 3.8) is 0 Å². The monoisotopic (exact) mass is 772 g/mol. The molecule has 0 spiro atoms. The second-order valence-corrected chi connectivity index (χ2v) is 15.2. The van der Waals surface area contributed by atoms with Gasteiger partial charge < -0.3 is 23.5 Å². The maximum atomic E-state index is 13.1. The molecule has 9 rings (SSSR count). The third kappa shape index (κ3) is 7.47. The van der Waals surface area contributed by atoms with Gasteiger partial charge in [-0.15, -0.1) is 0 Å². The molecule has 1 atom stereocenters. The molecule has 4 amide bonds. The minimum atomic E-state index is -0.989. The summed E-state index contributed by atoms with van der Waals surface area (Å²) in [5.41, 5.74) is 4.93. The molecular weight excluding hydrogens is 729 g/mol. The zero-order valence-corrected chi connectivity index (χ0v) is 31.7. The van der Waals surface area contributed by atoms with Crippen LogP contribution in [-0.4, -0.2) is 112 Å². The number of benzene rings is 2. The number of aromatic nitrogens is 3. The van der Waals surface area contributed by atoms with Crippen molar-refractivity contribution >= 4 is 45.4 Å². The number of rotatable bonds is 15. The van der Waals surface area contributed by atoms with Gasteiger partial charge in [0, 0.05) is 112 Å². The van der Waals surface area contributed by atoms with Crippen molar-refractivity contribution in [1.82, 2.24) is 29.7 Å². The molecule has 14 nitrogen and oxygen atoms in total. The molecule has 57 heavy (non-hydrogen) atoms. The van der Waals surface area contributed by atoms with Crippen LogP contribution in [0.1, 0.15) is 59.2 Å². The number of piperidine rings is 1. The van der Waals surface area contributed by atoms with Crippen LogP contribution in [0.5, 0.6) is 11.6 Å². The molecule has 294 valence electrons. The van der Waals surface area contributed by atoms with Crippen molar-refractivity contribution in [3.05, 3.63) is 84.3 Å². The lowest BCUT2D eigenvalue weighted by molar-refractivity contribution is -0.136. The number of pyridine rings is 2. The average molecular weight is 773 g/mol. The van der Waals surface area contributed by atoms with Crippen LogP contribution in [0.4, 0.5) is 0 Å². The first-order valence-electron chi connectivity index (χ1n) is 19.7. The molecule has 3 fully saturated rings. The van der Waals surface area contributed by atoms with Crippen molar-refractivity contribution in [3.8, 4) is 22.8 Å². The third-order valence-electron chi connectivity index (χ3n) is 11.4. The molecule has 4 aliphatic rings. The minimum absolute atomic E-state index is 0.0194. The van der Waals surface area contributed by atoms with E-state index in [4.69, 9.17) is 18.9 Å². The van der Waals surface area contributed by atoms with Crippen molar-refractivity contribution in [2.75, 3.05) is 39.5 Å². The number of ether oxygens (including phenoxy) is 4. The number of likely N-dealkylation sites (tertiary alicyclic amines) is 1. The first-order chi connectivity index (χ1) is 27.8. The van der Waals surface area contributed by atoms with Crippen LogP contribution in [0.25, 0.3) is 32.9 Å². The van der Waals surface area contributed by atoms with Crippen LogP contribution in [0, 0.1) is 0 Å². The second kappa shape index (κ2) is 15.7. The minimum Gasteiger partial charge on any atom is -0.488 e. The lowest BCUT2D eigenvalue weighted by atomic mass is 9.92. The Hall–Kier alpha value is -5.70. The van der Waals surface area contributed by atoms with Gasteiger partial charge in [-0.05, 0) is 61.2 Å². The van der Waals surface area contributed by atoms with Crippen molar-refractivity contribution in [2.45, 2.75) is 62.9 Å². The Morgan fingerprint density at radius 3 is 2.42 bits per heavy atom. The summed E-state index contributed by atoms with van der Waals surface area (Å²) >= 11 is 0. The van der Waals surface area contributed by atoms with Gasteiger partial charge in [0.2, 0.25) is 17.7 Å². The standard InChI is InChI=1S/C43H44N6O8/c1-47-36-12-13-44-23-35(36)32-7-4-26(18-38(32)47)27-5-11-40(45-22-27)57-30-19-29(20-30)55-17-3-16-54-15-2-14-48-24-31(25-48)56-28-6-8-33-34(21-28)43(53)49(42(33)52)37-9-10-39(50)46-41(37)51/h4-8,11-13,18,21-23,29-31,37H,2-3,9-10,14-17,19-20,24-25H2,1H3,(H,46,50,51). The van der Waals surface area contributed by atoms with Gasteiger partial charge in [0.05, 0.1) is 22.7 Å². The van der Waals surface area contributed by atoms with Gasteiger partial charge in [0.15, 0.2) is 0 Å². The molecule has 2 saturated heterocycles. The summed E-state index contributed by atoms with van der Waals surface area (Å²) in [5.74, 6) is -0.960. The van der Waals surface area contributed by atoms with Gasteiger partial charge in [-0.1, -0.05) is 12.1 Å². The van der Waals surface area contributed by atoms with E-state index >= 15 is 0 Å². The Bertz CT molecular complexity index is 2350. The SMILES string of the molecule is Cn1c2ccncc2c2ccc(-c3ccc(OC4CC(OCCCOCCCN5CC(Oc6ccc7c(c6)C(=O)N(C6CCC(=O)NC6=O)C7=O)C5)C4)nc3)cc21. The summed E-state index contributed by atoms with van der Waals surface area (Å²) < 4.78 is 26.3. The highest BCUT2D eigenvalue weighted by Gasteiger charge is 2.45. The highest BCUT2D eigenvalue weighted by Crippen LogP contribution is 2.34. The van der Waals surface area contributed by atoms with E-state index in [-0.39, 0.29) is 42.3 Å². The average Bonchev–Trinajstić information content (AvgIpc) is 3.61. The molecule has 1 unspecified atom stereocenters. The van der Waals surface area contributed by atoms with Gasteiger partial charge in [0.25, 0.3) is 11.8 Å². The largest absolute Gasteiger partial charge is 0.488 e. The molecule has 3 aliphatic heterocycles. The third-order valence-corrected chi connectivity index (χ3v) is 11.4. The second-order valence-electron chi connectivity index (χ2n) is 15.2. The predicted molar refractivity (Wildman–Crippen MR) is 209 cm³/mol. The van der Waals surface area contributed by atoms with Gasteiger partial charge in [0.1, 0.15) is 24.0 Å². The number of amides is 4. The number of carbonyl (C=O) groups excluding carboxylic acids is 4. The number of imide groups is 2. The fraction of sp³-hybridized carbons (Fsp3) is 0.395. The van der Waals surface area contributed by atoms with E-state index in [1.807, 2.05) is 30.7 Å². The Labute approximate surface area is 329 Å². The first-order valence-corrected chi connectivity index (χ1v) is 19.7. The van der Waals surface area contributed by atoms with Crippen LogP contribution >= 0.6 is 0 Å². The lowest BCUT2D eigenvalue weighted by Crippen LogP contribution is -2.54. The zero-order chi connectivity index (χ0) is 39.0. The van der Waals surface area contributed by atoms with E-state index < -0.39 is 29.7 Å². The van der Waals surface area contributed by atoms with Crippen molar-refractivity contribution in [2.24, 2.45) is 7.05 Å². The molecule has 5 aromatic rings. The van der Waals surface area contributed by atoms with E-state index in [0.717, 1.165) is 77.8 Å². The van der Waals surface area contributed by atoms with Crippen molar-refractivity contribution in [1.29, 1.82) is 0 Å². The fourth-order valence-corrected chi connectivity index (χ4v) is 8.17. The summed E-state index contributed by atoms with van der Waals surface area (Å²) in [6, 6.07) is 16.4. The highest BCUT2D eigenvalue weighted by molar-refractivity contribution is 6.23. The maximum absolute atomic E-state index is 13.1. The fourth-order valence-electron chi connectivity index (χ4n) is 8.17. The maximum Gasteiger partial charge on any atom is 0.262 e. The Kier molecular flexibility index (Phi) is 10.2. The predicted octanol–water partition coefficient (Wildman–Crippen LogP) is 4.68. The quantitative estimate of drug-likeness (QED) is 0.117. The molecule has 1 saturated carbocycles. The molecular formula is C43H44N6O8. The molecule has 0 bridgehead atoms. The van der Waals surface area contributed by atoms with E-state index in [0.29, 0.717) is 31.5 Å². The Morgan fingerprint density at radius 1 is 0.772 bits per heavy atom. The molecule has 6 heterocycles. The number of fused-ring (bicyclic) bond motifs is 4. The number of carbonyl (C=O) groups is 4. The molecule has 1 N–H and O–H groups in total. The number of nitrogens with zero attached hydrogens (tertiary/aromatic N) is 5. The molecule has 0 radical (unpaired) electrons. The number of hydrogen-bond donors (Lipinski definition) is 1. The van der Waals surface area contributed by atoms with E-state index in [1.165, 1.54) is 5.39 Å². The lowest BCUT2D eigenvalue weighted by Gasteiger charge is -2.39. The van der Waals surface area contributed by atoms with Crippen LogP contribution in [-0.2, 0) is 26.1 Å². The highest BCUT2D eigenvalue weighted by atomic mass is 16.5. The van der Waals surface area contributed by atoms with Gasteiger partial charge in [-0.3, -0.25) is 39.3 Å². The van der Waals surface area contributed by atoms with E-state index in [9.17, 15) is 19.2 Å². The summed E-state index contributed by atoms with van der Waals surface area (Å²) in [4.78, 5) is 62.0. The van der Waals surface area contributed by atoms with Crippen LogP contribution < -0.4 is 14.8 Å². The van der Waals surface area contributed by atoms with Gasteiger partial charge in [-0.2, -0.15) is 0 Å². The van der Waals surface area contributed by atoms with Crippen LogP contribution in [0.3, 0.4) is 0 Å². The number of aryl methyl sites for hydroxylation is 1. The summed E-state index contributed by atoms with van der Waals surface area (Å²) in [5, 5.41) is 4.55. The molecule has 1 aliphatic carbocycles. The van der Waals surface area contributed by atoms with Crippen LogP contribution in [0.15, 0.2) is 73.2 Å². The van der Waals surface area contributed by atoms with E-state index in [2.05, 4.69) is 56.1 Å². The van der Waals surface area contributed by atoms with Gasteiger partial charge >= 0.3 is 0 Å². The van der Waals surface area contributed by atoms with Crippen molar-refractivity contribution < 1.29 is 38.1 Å². The first kappa shape index (κ1) is 36.9. The number of hydrogen-bond acceptors (Lipinski definition) is 11. The Balaban J connectivity index is 0.618. The topological polar surface area (TPSA) is 154 Å². The van der Waals surface area contributed by atoms with E-state index in [1.54, 1.807) is 18.2 Å². The smallest absolute Gasteiger partial charge is 0.262 e. The van der Waals surface area contributed by atoms with Gasteiger partial charge in [-0.25, -0.2) is 4.98 Å². The normalized spacial score (nSPS) is 21.1. The molecule has 14 heteroatoms. The summed E-state index contributed by atoms with van der Waals surface area (Å²) in [7, 11) is 2.08. The number of nitrogens with one attached hydrogen (secondary N) is 1. The zero-order valence-electron chi connectivity index (χ0n) is 31.7. The molecule has 3 aromatic heterocycles. The summed E-state index contributed by atoms with van der Waals surface area (Å²) in [6.07, 6.45) is 9.56. The Morgan fingerprint density at radius 2 is 1.60 bits per heavy atom. The molecule has 2 aromatic carbocycles. The summed E-state index contributed by atoms with van der Waals surface area (Å²) in [6.45, 7) is 4.40.